The van der Waals surface area contributed by atoms with Gasteiger partial charge in [-0.2, -0.15) is 0 Å². The molecule has 0 amide bonds. The second-order valence-electron chi connectivity index (χ2n) is 5.90. The smallest absolute Gasteiger partial charge is 0.141 e. The van der Waals surface area contributed by atoms with Gasteiger partial charge in [-0.05, 0) is 26.3 Å². The van der Waals surface area contributed by atoms with Crippen molar-refractivity contribution in [2.45, 2.75) is 38.8 Å². The molecule has 1 fully saturated rings. The Morgan fingerprint density at radius 3 is 3.00 bits per heavy atom. The average molecular weight is 302 g/mol. The maximum atomic E-state index is 10.3. The first-order valence-electron chi connectivity index (χ1n) is 7.68. The summed E-state index contributed by atoms with van der Waals surface area (Å²) < 4.78 is 0. The molecule has 118 valence electrons. The van der Waals surface area contributed by atoms with E-state index in [9.17, 15) is 10.2 Å². The van der Waals surface area contributed by atoms with E-state index >= 15 is 0 Å². The monoisotopic (exact) mass is 302 g/mol. The molecular weight excluding hydrogens is 280 g/mol. The summed E-state index contributed by atoms with van der Waals surface area (Å²) in [6.07, 6.45) is 7.52. The normalized spacial score (nSPS) is 19.5. The molecule has 0 bridgehead atoms. The van der Waals surface area contributed by atoms with Crippen LogP contribution >= 0.6 is 0 Å². The highest BCUT2D eigenvalue weighted by molar-refractivity contribution is 5.40. The Morgan fingerprint density at radius 1 is 1.41 bits per heavy atom. The van der Waals surface area contributed by atoms with Gasteiger partial charge in [-0.3, -0.25) is 9.88 Å². The zero-order valence-corrected chi connectivity index (χ0v) is 12.8. The molecule has 2 aromatic heterocycles. The van der Waals surface area contributed by atoms with Crippen molar-refractivity contribution in [3.63, 3.8) is 0 Å². The minimum Gasteiger partial charge on any atom is -0.506 e. The Labute approximate surface area is 129 Å². The van der Waals surface area contributed by atoms with Crippen molar-refractivity contribution in [2.75, 3.05) is 13.1 Å². The summed E-state index contributed by atoms with van der Waals surface area (Å²) in [4.78, 5) is 14.0. The number of pyridine rings is 1. The van der Waals surface area contributed by atoms with Gasteiger partial charge in [0.15, 0.2) is 0 Å². The molecule has 0 aromatic carbocycles. The minimum absolute atomic E-state index is 0.106. The van der Waals surface area contributed by atoms with Crippen molar-refractivity contribution in [2.24, 2.45) is 0 Å². The second-order valence-corrected chi connectivity index (χ2v) is 5.90. The summed E-state index contributed by atoms with van der Waals surface area (Å²) in [5.41, 5.74) is 2.09. The van der Waals surface area contributed by atoms with Crippen molar-refractivity contribution in [1.29, 1.82) is 0 Å². The highest BCUT2D eigenvalue weighted by Crippen LogP contribution is 2.29. The molecule has 6 nitrogen and oxygen atoms in total. The van der Waals surface area contributed by atoms with Gasteiger partial charge in [0.25, 0.3) is 0 Å². The molecule has 3 heterocycles. The number of piperidine rings is 1. The van der Waals surface area contributed by atoms with Crippen LogP contribution in [0.1, 0.15) is 41.4 Å². The molecule has 2 aromatic rings. The van der Waals surface area contributed by atoms with Crippen LogP contribution in [0.4, 0.5) is 0 Å². The summed E-state index contributed by atoms with van der Waals surface area (Å²) >= 11 is 0. The molecule has 6 heteroatoms. The number of likely N-dealkylation sites (tertiary alicyclic amines) is 1. The highest BCUT2D eigenvalue weighted by atomic mass is 16.3. The van der Waals surface area contributed by atoms with Gasteiger partial charge in [0.05, 0.1) is 12.3 Å². The Kier molecular flexibility index (Phi) is 4.40. The number of aromatic hydroxyl groups is 1. The number of aromatic nitrogens is 3. The summed E-state index contributed by atoms with van der Waals surface area (Å²) in [6, 6.07) is 0. The predicted molar refractivity (Wildman–Crippen MR) is 82.4 cm³/mol. The van der Waals surface area contributed by atoms with Gasteiger partial charge in [0, 0.05) is 48.7 Å². The van der Waals surface area contributed by atoms with Gasteiger partial charge < -0.3 is 15.2 Å². The largest absolute Gasteiger partial charge is 0.506 e. The molecule has 22 heavy (non-hydrogen) atoms. The first kappa shape index (κ1) is 15.0. The molecule has 1 aliphatic rings. The zero-order chi connectivity index (χ0) is 15.5. The van der Waals surface area contributed by atoms with E-state index in [0.29, 0.717) is 23.7 Å². The van der Waals surface area contributed by atoms with Crippen molar-refractivity contribution < 1.29 is 10.2 Å². The van der Waals surface area contributed by atoms with Crippen LogP contribution in [0, 0.1) is 6.92 Å². The molecule has 0 radical (unpaired) electrons. The number of hydrogen-bond acceptors (Lipinski definition) is 5. The van der Waals surface area contributed by atoms with Crippen LogP contribution in [-0.2, 0) is 13.2 Å². The number of aliphatic hydroxyl groups excluding tert-OH is 1. The lowest BCUT2D eigenvalue weighted by Gasteiger charge is -2.32. The van der Waals surface area contributed by atoms with Gasteiger partial charge in [-0.25, -0.2) is 4.98 Å². The Hall–Kier alpha value is -1.92. The zero-order valence-electron chi connectivity index (χ0n) is 12.8. The lowest BCUT2D eigenvalue weighted by molar-refractivity contribution is 0.192. The standard InChI is InChI=1S/C16H22N4O2/c1-11-15(22)14(13(10-21)7-19-11)9-20-6-2-3-12(8-20)16-17-4-5-18-16/h4-5,7,12,21-22H,2-3,6,8-10H2,1H3,(H,17,18)/t12-/m0/s1. The minimum atomic E-state index is -0.106. The number of nitrogens with zero attached hydrogens (tertiary/aromatic N) is 3. The molecule has 0 saturated carbocycles. The van der Waals surface area contributed by atoms with Crippen molar-refractivity contribution in [3.8, 4) is 5.75 Å². The molecule has 0 aliphatic carbocycles. The second kappa shape index (κ2) is 6.46. The fraction of sp³-hybridized carbons (Fsp3) is 0.500. The maximum absolute atomic E-state index is 10.3. The first-order chi connectivity index (χ1) is 10.7. The fourth-order valence-electron chi connectivity index (χ4n) is 3.14. The first-order valence-corrected chi connectivity index (χ1v) is 7.68. The Balaban J connectivity index is 1.77. The van der Waals surface area contributed by atoms with Gasteiger partial charge in [0.2, 0.25) is 0 Å². The van der Waals surface area contributed by atoms with Crippen molar-refractivity contribution in [1.82, 2.24) is 19.9 Å². The summed E-state index contributed by atoms with van der Waals surface area (Å²) in [5, 5.41) is 19.8. The number of aromatic amines is 1. The van der Waals surface area contributed by atoms with Crippen molar-refractivity contribution in [3.05, 3.63) is 41.2 Å². The number of nitrogens with one attached hydrogen (secondary N) is 1. The summed E-state index contributed by atoms with van der Waals surface area (Å²) in [6.45, 7) is 4.19. The number of H-pyrrole nitrogens is 1. The SMILES string of the molecule is Cc1ncc(CO)c(CN2CCC[C@H](c3ncc[nH]3)C2)c1O. The van der Waals surface area contributed by atoms with E-state index in [2.05, 4.69) is 19.9 Å². The molecule has 1 aliphatic heterocycles. The van der Waals surface area contributed by atoms with Crippen LogP contribution in [0.15, 0.2) is 18.6 Å². The number of imidazole rings is 1. The number of rotatable bonds is 4. The van der Waals surface area contributed by atoms with E-state index < -0.39 is 0 Å². The van der Waals surface area contributed by atoms with E-state index in [1.165, 1.54) is 0 Å². The van der Waals surface area contributed by atoms with Crippen LogP contribution in [0.25, 0.3) is 0 Å². The van der Waals surface area contributed by atoms with Crippen LogP contribution in [-0.4, -0.2) is 43.2 Å². The van der Waals surface area contributed by atoms with Crippen LogP contribution in [0.3, 0.4) is 0 Å². The average Bonchev–Trinajstić information content (AvgIpc) is 3.07. The molecule has 3 N–H and O–H groups in total. The predicted octanol–water partition coefficient (Wildman–Crippen LogP) is 1.69. The molecular formula is C16H22N4O2. The summed E-state index contributed by atoms with van der Waals surface area (Å²) in [5.74, 6) is 1.63. The topological polar surface area (TPSA) is 85.3 Å². The van der Waals surface area contributed by atoms with Crippen molar-refractivity contribution >= 4 is 0 Å². The molecule has 1 atom stereocenters. The van der Waals surface area contributed by atoms with Gasteiger partial charge in [-0.1, -0.05) is 0 Å². The molecule has 0 spiro atoms. The number of aliphatic hydroxyl groups is 1. The van der Waals surface area contributed by atoms with Crippen LogP contribution in [0.5, 0.6) is 5.75 Å². The van der Waals surface area contributed by atoms with E-state index in [4.69, 9.17) is 0 Å². The summed E-state index contributed by atoms with van der Waals surface area (Å²) in [7, 11) is 0. The van der Waals surface area contributed by atoms with E-state index in [1.54, 1.807) is 19.3 Å². The van der Waals surface area contributed by atoms with Gasteiger partial charge in [-0.15, -0.1) is 0 Å². The van der Waals surface area contributed by atoms with Gasteiger partial charge in [0.1, 0.15) is 11.6 Å². The van der Waals surface area contributed by atoms with E-state index in [-0.39, 0.29) is 12.4 Å². The maximum Gasteiger partial charge on any atom is 0.141 e. The van der Waals surface area contributed by atoms with E-state index in [1.807, 2.05) is 6.20 Å². The lowest BCUT2D eigenvalue weighted by Crippen LogP contribution is -2.34. The van der Waals surface area contributed by atoms with Gasteiger partial charge >= 0.3 is 0 Å². The Bertz CT molecular complexity index is 627. The van der Waals surface area contributed by atoms with Crippen LogP contribution in [0.2, 0.25) is 0 Å². The third kappa shape index (κ3) is 2.98. The van der Waals surface area contributed by atoms with E-state index in [0.717, 1.165) is 37.3 Å². The van der Waals surface area contributed by atoms with Crippen LogP contribution < -0.4 is 0 Å². The Morgan fingerprint density at radius 2 is 2.27 bits per heavy atom. The fourth-order valence-corrected chi connectivity index (χ4v) is 3.14. The third-order valence-corrected chi connectivity index (χ3v) is 4.39. The molecule has 1 saturated heterocycles. The molecule has 0 unspecified atom stereocenters. The highest BCUT2D eigenvalue weighted by Gasteiger charge is 2.24. The number of aryl methyl sites for hydroxylation is 1. The molecule has 3 rings (SSSR count). The number of hydrogen-bond donors (Lipinski definition) is 3. The lowest BCUT2D eigenvalue weighted by atomic mass is 9.96. The third-order valence-electron chi connectivity index (χ3n) is 4.39. The quantitative estimate of drug-likeness (QED) is 0.800.